The van der Waals surface area contributed by atoms with Crippen LogP contribution in [-0.2, 0) is 25.5 Å². The lowest BCUT2D eigenvalue weighted by atomic mass is 9.94. The molecule has 0 radical (unpaired) electrons. The van der Waals surface area contributed by atoms with Crippen molar-refractivity contribution in [2.75, 3.05) is 19.8 Å². The highest BCUT2D eigenvalue weighted by Gasteiger charge is 2.32. The molecule has 0 saturated carbocycles. The molecule has 7 nitrogen and oxygen atoms in total. The van der Waals surface area contributed by atoms with E-state index in [1.807, 2.05) is 50.3 Å². The van der Waals surface area contributed by atoms with Crippen LogP contribution in [0.25, 0.3) is 0 Å². The third-order valence-corrected chi connectivity index (χ3v) is 7.31. The van der Waals surface area contributed by atoms with E-state index in [1.165, 1.54) is 0 Å². The molecule has 0 bridgehead atoms. The summed E-state index contributed by atoms with van der Waals surface area (Å²) in [7, 11) is 0. The number of ether oxygens (including phenoxy) is 1. The van der Waals surface area contributed by atoms with Crippen molar-refractivity contribution in [3.8, 4) is 0 Å². The third-order valence-electron chi connectivity index (χ3n) is 7.31. The number of amides is 2. The number of hydrogen-bond acceptors (Lipinski definition) is 5. The molecule has 210 valence electrons. The first-order valence-corrected chi connectivity index (χ1v) is 13.9. The Balaban J connectivity index is 1.99. The highest BCUT2D eigenvalue weighted by atomic mass is 16.5. The van der Waals surface area contributed by atoms with Crippen molar-refractivity contribution in [2.24, 2.45) is 17.8 Å². The number of likely N-dealkylation sites (tertiary alicyclic amines) is 1. The molecule has 2 N–H and O–H groups in total. The van der Waals surface area contributed by atoms with Crippen molar-refractivity contribution in [3.05, 3.63) is 61.2 Å². The van der Waals surface area contributed by atoms with Gasteiger partial charge in [-0.2, -0.15) is 0 Å². The SMILES string of the molecule is C=CCCC[C@H](Cc1ccccc1)C(=O)OC[C@@H](NC(=O)[C@@H](CC=C)CC(=O)N1CCC[C@H]1CO)C(C)C. The molecule has 1 fully saturated rings. The summed E-state index contributed by atoms with van der Waals surface area (Å²) in [6.45, 7) is 12.1. The van der Waals surface area contributed by atoms with Crippen molar-refractivity contribution in [2.45, 2.75) is 77.3 Å². The average molecular weight is 527 g/mol. The Labute approximate surface area is 228 Å². The summed E-state index contributed by atoms with van der Waals surface area (Å²) in [6, 6.07) is 9.35. The van der Waals surface area contributed by atoms with E-state index < -0.39 is 5.92 Å². The minimum Gasteiger partial charge on any atom is -0.463 e. The van der Waals surface area contributed by atoms with Gasteiger partial charge in [-0.15, -0.1) is 13.2 Å². The molecule has 1 aromatic carbocycles. The fourth-order valence-electron chi connectivity index (χ4n) is 4.87. The lowest BCUT2D eigenvalue weighted by Crippen LogP contribution is -2.46. The first-order chi connectivity index (χ1) is 18.3. The fraction of sp³-hybridized carbons (Fsp3) is 0.581. The smallest absolute Gasteiger partial charge is 0.309 e. The molecule has 1 aliphatic heterocycles. The normalized spacial score (nSPS) is 17.5. The van der Waals surface area contributed by atoms with Crippen LogP contribution < -0.4 is 5.32 Å². The Morgan fingerprint density at radius 3 is 2.53 bits per heavy atom. The van der Waals surface area contributed by atoms with E-state index in [9.17, 15) is 19.5 Å². The molecule has 2 rings (SSSR count). The average Bonchev–Trinajstić information content (AvgIpc) is 3.39. The Hall–Kier alpha value is -2.93. The summed E-state index contributed by atoms with van der Waals surface area (Å²) in [5.41, 5.74) is 1.08. The monoisotopic (exact) mass is 526 g/mol. The molecule has 0 unspecified atom stereocenters. The topological polar surface area (TPSA) is 95.9 Å². The van der Waals surface area contributed by atoms with E-state index in [0.717, 1.165) is 31.2 Å². The van der Waals surface area contributed by atoms with E-state index in [-0.39, 0.29) is 61.3 Å². The molecule has 38 heavy (non-hydrogen) atoms. The van der Waals surface area contributed by atoms with Gasteiger partial charge in [0.05, 0.1) is 30.5 Å². The van der Waals surface area contributed by atoms with Gasteiger partial charge in [-0.05, 0) is 56.4 Å². The number of carbonyl (C=O) groups excluding carboxylic acids is 3. The summed E-state index contributed by atoms with van der Waals surface area (Å²) in [4.78, 5) is 40.9. The van der Waals surface area contributed by atoms with Crippen molar-refractivity contribution >= 4 is 17.8 Å². The molecule has 1 heterocycles. The zero-order chi connectivity index (χ0) is 27.9. The van der Waals surface area contributed by atoms with Gasteiger partial charge in [0, 0.05) is 13.0 Å². The molecule has 0 aliphatic carbocycles. The van der Waals surface area contributed by atoms with Crippen LogP contribution in [0.15, 0.2) is 55.6 Å². The summed E-state index contributed by atoms with van der Waals surface area (Å²) in [6.07, 6.45) is 8.55. The number of rotatable bonds is 17. The number of carbonyl (C=O) groups is 3. The zero-order valence-corrected chi connectivity index (χ0v) is 23.1. The Bertz CT molecular complexity index is 901. The number of nitrogens with zero attached hydrogens (tertiary/aromatic N) is 1. The number of benzene rings is 1. The van der Waals surface area contributed by atoms with E-state index in [2.05, 4.69) is 18.5 Å². The zero-order valence-electron chi connectivity index (χ0n) is 23.1. The maximum atomic E-state index is 13.2. The quantitative estimate of drug-likeness (QED) is 0.178. The highest BCUT2D eigenvalue weighted by molar-refractivity contribution is 5.86. The second kappa shape index (κ2) is 16.8. The first kappa shape index (κ1) is 31.3. The van der Waals surface area contributed by atoms with E-state index >= 15 is 0 Å². The first-order valence-electron chi connectivity index (χ1n) is 13.9. The lowest BCUT2D eigenvalue weighted by Gasteiger charge is -2.28. The number of unbranched alkanes of at least 4 members (excludes halogenated alkanes) is 1. The van der Waals surface area contributed by atoms with Crippen LogP contribution >= 0.6 is 0 Å². The summed E-state index contributed by atoms with van der Waals surface area (Å²) < 4.78 is 5.76. The molecular weight excluding hydrogens is 480 g/mol. The predicted molar refractivity (Wildman–Crippen MR) is 150 cm³/mol. The van der Waals surface area contributed by atoms with Gasteiger partial charge >= 0.3 is 5.97 Å². The van der Waals surface area contributed by atoms with Crippen LogP contribution in [0.2, 0.25) is 0 Å². The van der Waals surface area contributed by atoms with Gasteiger partial charge in [-0.25, -0.2) is 0 Å². The number of esters is 1. The standard InChI is InChI=1S/C31H46N2O5/c1-5-7-9-16-26(19-24-14-10-8-11-15-24)31(37)38-22-28(23(3)4)32-30(36)25(13-6-2)20-29(35)33-18-12-17-27(33)21-34/h5-6,8,10-11,14-15,23,25-28,34H,1-2,7,9,12-13,16-22H2,3-4H3,(H,32,36)/t25-,26+,27-,28+/m0/s1. The van der Waals surface area contributed by atoms with E-state index in [1.54, 1.807) is 11.0 Å². The maximum Gasteiger partial charge on any atom is 0.309 e. The lowest BCUT2D eigenvalue weighted by molar-refractivity contribution is -0.150. The Morgan fingerprint density at radius 2 is 1.89 bits per heavy atom. The molecule has 2 amide bonds. The molecule has 7 heteroatoms. The number of aliphatic hydroxyl groups is 1. The minimum atomic E-state index is -0.568. The molecule has 1 saturated heterocycles. The molecule has 1 aromatic rings. The molecule has 1 aliphatic rings. The van der Waals surface area contributed by atoms with E-state index in [4.69, 9.17) is 4.74 Å². The minimum absolute atomic E-state index is 0.0255. The van der Waals surface area contributed by atoms with Crippen LogP contribution in [0, 0.1) is 17.8 Å². The molecule has 0 spiro atoms. The Kier molecular flexibility index (Phi) is 13.8. The van der Waals surface area contributed by atoms with E-state index in [0.29, 0.717) is 25.8 Å². The van der Waals surface area contributed by atoms with Crippen molar-refractivity contribution < 1.29 is 24.2 Å². The maximum absolute atomic E-state index is 13.2. The van der Waals surface area contributed by atoms with Gasteiger partial charge in [-0.1, -0.05) is 56.3 Å². The molecule has 4 atom stereocenters. The van der Waals surface area contributed by atoms with Gasteiger partial charge in [0.1, 0.15) is 6.61 Å². The fourth-order valence-corrected chi connectivity index (χ4v) is 4.87. The van der Waals surface area contributed by atoms with Gasteiger partial charge in [0.2, 0.25) is 11.8 Å². The number of allylic oxidation sites excluding steroid dienone is 2. The summed E-state index contributed by atoms with van der Waals surface area (Å²) >= 11 is 0. The van der Waals surface area contributed by atoms with Gasteiger partial charge in [-0.3, -0.25) is 14.4 Å². The van der Waals surface area contributed by atoms with Crippen molar-refractivity contribution in [1.82, 2.24) is 10.2 Å². The second-order valence-corrected chi connectivity index (χ2v) is 10.6. The largest absolute Gasteiger partial charge is 0.463 e. The number of hydrogen-bond donors (Lipinski definition) is 2. The van der Waals surface area contributed by atoms with Crippen molar-refractivity contribution in [1.29, 1.82) is 0 Å². The van der Waals surface area contributed by atoms with Gasteiger partial charge in [0.15, 0.2) is 0 Å². The molecular formula is C31H46N2O5. The van der Waals surface area contributed by atoms with Gasteiger partial charge < -0.3 is 20.1 Å². The number of nitrogens with one attached hydrogen (secondary N) is 1. The van der Waals surface area contributed by atoms with Crippen LogP contribution in [0.4, 0.5) is 0 Å². The molecule has 0 aromatic heterocycles. The summed E-state index contributed by atoms with van der Waals surface area (Å²) in [5.74, 6) is -1.45. The highest BCUT2D eigenvalue weighted by Crippen LogP contribution is 2.22. The second-order valence-electron chi connectivity index (χ2n) is 10.6. The third kappa shape index (κ3) is 10.1. The predicted octanol–water partition coefficient (Wildman–Crippen LogP) is 4.45. The van der Waals surface area contributed by atoms with Gasteiger partial charge in [0.25, 0.3) is 0 Å². The number of aliphatic hydroxyl groups excluding tert-OH is 1. The van der Waals surface area contributed by atoms with Crippen LogP contribution in [-0.4, -0.2) is 59.6 Å². The Morgan fingerprint density at radius 1 is 1.16 bits per heavy atom. The van der Waals surface area contributed by atoms with Crippen LogP contribution in [0.3, 0.4) is 0 Å². The van der Waals surface area contributed by atoms with Crippen molar-refractivity contribution in [3.63, 3.8) is 0 Å². The van der Waals surface area contributed by atoms with Crippen LogP contribution in [0.5, 0.6) is 0 Å². The van der Waals surface area contributed by atoms with Crippen LogP contribution in [0.1, 0.15) is 64.4 Å². The summed E-state index contributed by atoms with van der Waals surface area (Å²) in [5, 5.41) is 12.6.